The monoisotopic (exact) mass is 603 g/mol. The summed E-state index contributed by atoms with van der Waals surface area (Å²) in [5, 5.41) is 16.8. The lowest BCUT2D eigenvalue weighted by molar-refractivity contribution is -0.128. The molecule has 1 saturated heterocycles. The predicted octanol–water partition coefficient (Wildman–Crippen LogP) is 5.82. The van der Waals surface area contributed by atoms with Crippen LogP contribution >= 0.6 is 11.6 Å². The Morgan fingerprint density at radius 1 is 1.19 bits per heavy atom. The summed E-state index contributed by atoms with van der Waals surface area (Å²) in [6.07, 6.45) is 3.02. The predicted molar refractivity (Wildman–Crippen MR) is 172 cm³/mol. The summed E-state index contributed by atoms with van der Waals surface area (Å²) in [4.78, 5) is 33.2. The van der Waals surface area contributed by atoms with Crippen LogP contribution in [0.5, 0.6) is 0 Å². The van der Waals surface area contributed by atoms with Crippen molar-refractivity contribution in [3.8, 4) is 6.07 Å². The van der Waals surface area contributed by atoms with Crippen LogP contribution < -0.4 is 16.4 Å². The van der Waals surface area contributed by atoms with E-state index in [1.165, 1.54) is 6.08 Å². The number of nitriles is 1. The molecule has 3 aromatic rings. The number of halogens is 1. The van der Waals surface area contributed by atoms with Crippen molar-refractivity contribution in [1.29, 1.82) is 5.26 Å². The number of fused-ring (bicyclic) bond motifs is 1. The molecule has 2 heterocycles. The highest BCUT2D eigenvalue weighted by molar-refractivity contribution is 6.30. The maximum atomic E-state index is 13.4. The van der Waals surface area contributed by atoms with E-state index in [0.717, 1.165) is 29.4 Å². The minimum absolute atomic E-state index is 0.0292. The molecule has 1 aliphatic heterocycles. The van der Waals surface area contributed by atoms with Crippen LogP contribution in [0.2, 0.25) is 5.02 Å². The van der Waals surface area contributed by atoms with Crippen LogP contribution in [0.3, 0.4) is 0 Å². The van der Waals surface area contributed by atoms with Gasteiger partial charge in [-0.2, -0.15) is 5.26 Å². The van der Waals surface area contributed by atoms with Gasteiger partial charge in [-0.3, -0.25) is 14.9 Å². The van der Waals surface area contributed by atoms with Gasteiger partial charge in [0.2, 0.25) is 5.95 Å². The van der Waals surface area contributed by atoms with Gasteiger partial charge in [-0.1, -0.05) is 38.4 Å². The zero-order chi connectivity index (χ0) is 31.5. The third-order valence-corrected chi connectivity index (χ3v) is 8.17. The molecular formula is C33H42ClN7O2. The number of piperidine rings is 1. The number of imidazole rings is 1. The summed E-state index contributed by atoms with van der Waals surface area (Å²) in [6.45, 7) is 13.9. The number of hydrogen-bond acceptors (Lipinski definition) is 6. The average Bonchev–Trinajstić information content (AvgIpc) is 3.30. The average molecular weight is 604 g/mol. The summed E-state index contributed by atoms with van der Waals surface area (Å²) in [5.74, 6) is -0.248. The van der Waals surface area contributed by atoms with E-state index in [9.17, 15) is 14.9 Å². The molecule has 2 amide bonds. The van der Waals surface area contributed by atoms with Crippen LogP contribution in [0.25, 0.3) is 11.0 Å². The first-order valence-corrected chi connectivity index (χ1v) is 15.1. The molecule has 1 aliphatic rings. The highest BCUT2D eigenvalue weighted by Crippen LogP contribution is 2.32. The van der Waals surface area contributed by atoms with E-state index in [2.05, 4.69) is 44.4 Å². The van der Waals surface area contributed by atoms with Crippen molar-refractivity contribution >= 4 is 40.4 Å². The van der Waals surface area contributed by atoms with Crippen molar-refractivity contribution in [3.05, 3.63) is 70.3 Å². The smallest absolute Gasteiger partial charge is 0.264 e. The van der Waals surface area contributed by atoms with Gasteiger partial charge in [0.15, 0.2) is 0 Å². The maximum absolute atomic E-state index is 13.4. The molecule has 9 nitrogen and oxygen atoms in total. The van der Waals surface area contributed by atoms with E-state index in [4.69, 9.17) is 22.3 Å². The Bertz CT molecular complexity index is 1560. The third-order valence-electron chi connectivity index (χ3n) is 7.91. The van der Waals surface area contributed by atoms with Crippen LogP contribution in [-0.2, 0) is 11.3 Å². The van der Waals surface area contributed by atoms with Crippen LogP contribution in [0, 0.1) is 16.7 Å². The molecule has 10 heteroatoms. The van der Waals surface area contributed by atoms with Crippen molar-refractivity contribution in [3.63, 3.8) is 0 Å². The molecular weight excluding hydrogens is 562 g/mol. The largest absolute Gasteiger partial charge is 0.336 e. The van der Waals surface area contributed by atoms with Gasteiger partial charge >= 0.3 is 0 Å². The van der Waals surface area contributed by atoms with E-state index >= 15 is 0 Å². The van der Waals surface area contributed by atoms with Crippen LogP contribution in [0.15, 0.2) is 54.1 Å². The first-order valence-electron chi connectivity index (χ1n) is 14.7. The molecule has 2 atom stereocenters. The number of nitrogens with one attached hydrogen (secondary N) is 2. The van der Waals surface area contributed by atoms with Gasteiger partial charge in [-0.25, -0.2) is 4.98 Å². The van der Waals surface area contributed by atoms with E-state index in [0.29, 0.717) is 42.2 Å². The molecule has 0 aliphatic carbocycles. The lowest BCUT2D eigenvalue weighted by Crippen LogP contribution is -2.42. The van der Waals surface area contributed by atoms with Gasteiger partial charge in [0.25, 0.3) is 11.8 Å². The van der Waals surface area contributed by atoms with Gasteiger partial charge in [-0.15, -0.1) is 0 Å². The van der Waals surface area contributed by atoms with Crippen LogP contribution in [0.1, 0.15) is 76.3 Å². The minimum Gasteiger partial charge on any atom is -0.336 e. The number of likely N-dealkylation sites (tertiary alicyclic amines) is 1. The summed E-state index contributed by atoms with van der Waals surface area (Å²) in [5.41, 5.74) is 8.57. The normalized spacial score (nSPS) is 17.0. The first kappa shape index (κ1) is 32.2. The molecule has 0 radical (unpaired) electrons. The third kappa shape index (κ3) is 8.02. The SMILES string of the molecule is C[C@H](NCc1ccc2c(c1)nc(NC(=O)c1ccc(Cl)cc1)n2C1CCCN(C(=O)/C(C#N)=C/C(C)(C)N)C1)C(C)(C)C. The fourth-order valence-corrected chi connectivity index (χ4v) is 5.22. The van der Waals surface area contributed by atoms with E-state index in [1.54, 1.807) is 43.0 Å². The number of amides is 2. The van der Waals surface area contributed by atoms with Crippen molar-refractivity contribution in [2.75, 3.05) is 18.4 Å². The molecule has 0 spiro atoms. The lowest BCUT2D eigenvalue weighted by Gasteiger charge is -2.34. The molecule has 43 heavy (non-hydrogen) atoms. The second kappa shape index (κ2) is 12.9. The quantitative estimate of drug-likeness (QED) is 0.220. The van der Waals surface area contributed by atoms with Crippen molar-refractivity contribution in [2.24, 2.45) is 11.1 Å². The molecule has 4 rings (SSSR count). The van der Waals surface area contributed by atoms with Gasteiger partial charge < -0.3 is 20.5 Å². The highest BCUT2D eigenvalue weighted by atomic mass is 35.5. The number of benzene rings is 2. The number of rotatable bonds is 8. The number of nitrogens with two attached hydrogens (primary N) is 1. The lowest BCUT2D eigenvalue weighted by atomic mass is 9.88. The number of hydrogen-bond donors (Lipinski definition) is 3. The van der Waals surface area contributed by atoms with E-state index < -0.39 is 5.54 Å². The number of aromatic nitrogens is 2. The molecule has 0 saturated carbocycles. The van der Waals surface area contributed by atoms with E-state index in [-0.39, 0.29) is 28.8 Å². The molecule has 2 aromatic carbocycles. The van der Waals surface area contributed by atoms with E-state index in [1.807, 2.05) is 22.8 Å². The Morgan fingerprint density at radius 3 is 2.51 bits per heavy atom. The Morgan fingerprint density at radius 2 is 1.88 bits per heavy atom. The highest BCUT2D eigenvalue weighted by Gasteiger charge is 2.30. The molecule has 1 unspecified atom stereocenters. The Kier molecular flexibility index (Phi) is 9.65. The number of carbonyl (C=O) groups is 2. The second-order valence-electron chi connectivity index (χ2n) is 13.1. The minimum atomic E-state index is -0.799. The molecule has 1 aromatic heterocycles. The van der Waals surface area contributed by atoms with Gasteiger partial charge in [0, 0.05) is 41.8 Å². The number of carbonyl (C=O) groups excluding carboxylic acids is 2. The fourth-order valence-electron chi connectivity index (χ4n) is 5.10. The van der Waals surface area contributed by atoms with Gasteiger partial charge in [0.05, 0.1) is 17.1 Å². The number of anilines is 1. The second-order valence-corrected chi connectivity index (χ2v) is 13.5. The van der Waals surface area contributed by atoms with Gasteiger partial charge in [0.1, 0.15) is 11.6 Å². The van der Waals surface area contributed by atoms with Crippen LogP contribution in [-0.4, -0.2) is 50.9 Å². The Hall–Kier alpha value is -3.71. The topological polar surface area (TPSA) is 129 Å². The maximum Gasteiger partial charge on any atom is 0.264 e. The summed E-state index contributed by atoms with van der Waals surface area (Å²) < 4.78 is 2.01. The Balaban J connectivity index is 1.69. The molecule has 228 valence electrons. The zero-order valence-electron chi connectivity index (χ0n) is 25.9. The standard InChI is InChI=1S/C33H42ClN7O2/c1-21(32(2,3)4)37-19-22-9-14-28-27(16-22)38-31(39-29(42)23-10-12-25(34)13-11-23)41(28)26-8-7-15-40(20-26)30(43)24(18-35)17-33(5,6)36/h9-14,16-17,21,26,37H,7-8,15,19-20,36H2,1-6H3,(H,38,39,42)/b24-17+/t21-,26?/m0/s1. The fraction of sp³-hybridized carbons (Fsp3) is 0.455. The molecule has 0 bridgehead atoms. The van der Waals surface area contributed by atoms with Crippen molar-refractivity contribution in [2.45, 2.75) is 78.6 Å². The number of nitrogens with zero attached hydrogens (tertiary/aromatic N) is 4. The van der Waals surface area contributed by atoms with Crippen molar-refractivity contribution in [1.82, 2.24) is 19.8 Å². The van der Waals surface area contributed by atoms with Crippen LogP contribution in [0.4, 0.5) is 5.95 Å². The zero-order valence-corrected chi connectivity index (χ0v) is 26.6. The molecule has 1 fully saturated rings. The first-order chi connectivity index (χ1) is 20.2. The summed E-state index contributed by atoms with van der Waals surface area (Å²) >= 11 is 6.03. The Labute approximate surface area is 259 Å². The van der Waals surface area contributed by atoms with Gasteiger partial charge in [-0.05, 0) is 87.1 Å². The van der Waals surface area contributed by atoms with Crippen molar-refractivity contribution < 1.29 is 9.59 Å². The summed E-state index contributed by atoms with van der Waals surface area (Å²) in [7, 11) is 0. The summed E-state index contributed by atoms with van der Waals surface area (Å²) in [6, 6.07) is 15.0. The molecule has 4 N–H and O–H groups in total.